The topological polar surface area (TPSA) is 93.7 Å². The zero-order valence-corrected chi connectivity index (χ0v) is 19.5. The summed E-state index contributed by atoms with van der Waals surface area (Å²) in [4.78, 5) is 25.4. The number of nitrogens with one attached hydrogen (secondary N) is 2. The van der Waals surface area contributed by atoms with Gasteiger partial charge in [0.1, 0.15) is 0 Å². The minimum atomic E-state index is -3.41. The fourth-order valence-corrected chi connectivity index (χ4v) is 4.95. The van der Waals surface area contributed by atoms with Crippen molar-refractivity contribution < 1.29 is 23.2 Å². The average Bonchev–Trinajstić information content (AvgIpc) is 2.82. The molecule has 7 nitrogen and oxygen atoms in total. The third-order valence-corrected chi connectivity index (χ3v) is 6.73. The molecule has 0 unspecified atom stereocenters. The summed E-state index contributed by atoms with van der Waals surface area (Å²) < 4.78 is 24.0. The molecule has 33 heavy (non-hydrogen) atoms. The number of carbonyl (C=O) groups is 2. The maximum atomic E-state index is 13.1. The highest BCUT2D eigenvalue weighted by Crippen LogP contribution is 2.52. The molecule has 0 bridgehead atoms. The molecule has 0 aliphatic heterocycles. The second kappa shape index (κ2) is 11.6. The van der Waals surface area contributed by atoms with Crippen LogP contribution in [-0.2, 0) is 19.8 Å². The Morgan fingerprint density at radius 2 is 1.27 bits per heavy atom. The second-order valence-corrected chi connectivity index (χ2v) is 9.17. The molecule has 0 aromatic heterocycles. The van der Waals surface area contributed by atoms with Gasteiger partial charge in [-0.05, 0) is 55.8 Å². The summed E-state index contributed by atoms with van der Waals surface area (Å²) in [7, 11) is -3.41. The Morgan fingerprint density at radius 1 is 0.758 bits per heavy atom. The fraction of sp³-hybridized carbons (Fsp3) is 0.200. The number of anilines is 2. The molecule has 0 atom stereocenters. The summed E-state index contributed by atoms with van der Waals surface area (Å²) in [6, 6.07) is 22.6. The van der Waals surface area contributed by atoms with Crippen molar-refractivity contribution in [3.8, 4) is 0 Å². The van der Waals surface area contributed by atoms with E-state index in [1.165, 1.54) is 0 Å². The van der Waals surface area contributed by atoms with Gasteiger partial charge in [0.05, 0.1) is 19.4 Å². The molecule has 0 saturated carbocycles. The molecular formula is C25H27N2O5P. The Bertz CT molecular complexity index is 1130. The van der Waals surface area contributed by atoms with Crippen LogP contribution in [0.4, 0.5) is 11.4 Å². The van der Waals surface area contributed by atoms with E-state index in [0.29, 0.717) is 28.1 Å². The minimum absolute atomic E-state index is 0.0218. The molecule has 0 heterocycles. The zero-order chi connectivity index (χ0) is 23.7. The van der Waals surface area contributed by atoms with Crippen LogP contribution in [-0.4, -0.2) is 25.0 Å². The monoisotopic (exact) mass is 466 g/mol. The molecule has 0 fully saturated rings. The second-order valence-electron chi connectivity index (χ2n) is 7.12. The van der Waals surface area contributed by atoms with Crippen molar-refractivity contribution in [2.75, 3.05) is 23.8 Å². The van der Waals surface area contributed by atoms with Gasteiger partial charge in [-0.25, -0.2) is 0 Å². The summed E-state index contributed by atoms with van der Waals surface area (Å²) in [5, 5.41) is 5.69. The lowest BCUT2D eigenvalue weighted by Crippen LogP contribution is -2.15. The molecule has 8 heteroatoms. The smallest absolute Gasteiger partial charge is 0.322 e. The van der Waals surface area contributed by atoms with Crippen molar-refractivity contribution >= 4 is 30.8 Å². The minimum Gasteiger partial charge on any atom is -0.322 e. The van der Waals surface area contributed by atoms with Crippen LogP contribution in [0.2, 0.25) is 0 Å². The predicted molar refractivity (Wildman–Crippen MR) is 130 cm³/mol. The first-order valence-corrected chi connectivity index (χ1v) is 12.4. The van der Waals surface area contributed by atoms with Gasteiger partial charge in [0.2, 0.25) is 0 Å². The SMILES string of the molecule is CCOP(=O)(Cc1ccc(NC(=O)c2ccccc2)cc1NC(=O)c1ccccc1)OCC. The summed E-state index contributed by atoms with van der Waals surface area (Å²) in [5.41, 5.74) is 2.45. The standard InChI is InChI=1S/C25H27N2O5P/c1-3-31-33(30,32-4-2)18-21-15-16-22(26-24(28)19-11-7-5-8-12-19)17-23(21)27-25(29)20-13-9-6-10-14-20/h5-17H,3-4,18H2,1-2H3,(H,26,28)(H,27,29). The summed E-state index contributed by atoms with van der Waals surface area (Å²) in [6.07, 6.45) is -0.0218. The van der Waals surface area contributed by atoms with Crippen molar-refractivity contribution in [1.29, 1.82) is 0 Å². The van der Waals surface area contributed by atoms with Crippen molar-refractivity contribution in [3.63, 3.8) is 0 Å². The molecule has 0 spiro atoms. The maximum Gasteiger partial charge on any atom is 0.335 e. The molecule has 3 aromatic carbocycles. The number of hydrogen-bond donors (Lipinski definition) is 2. The first-order valence-electron chi connectivity index (χ1n) is 10.7. The van der Waals surface area contributed by atoms with Gasteiger partial charge in [-0.15, -0.1) is 0 Å². The van der Waals surface area contributed by atoms with Crippen LogP contribution in [0, 0.1) is 0 Å². The normalized spacial score (nSPS) is 11.1. The van der Waals surface area contributed by atoms with Crippen LogP contribution in [0.25, 0.3) is 0 Å². The lowest BCUT2D eigenvalue weighted by Gasteiger charge is -2.20. The van der Waals surface area contributed by atoms with E-state index in [1.807, 2.05) is 12.1 Å². The van der Waals surface area contributed by atoms with Crippen molar-refractivity contribution in [2.45, 2.75) is 20.0 Å². The Morgan fingerprint density at radius 3 is 1.79 bits per heavy atom. The Kier molecular flexibility index (Phi) is 8.55. The van der Waals surface area contributed by atoms with Gasteiger partial charge in [-0.2, -0.15) is 0 Å². The molecule has 0 radical (unpaired) electrons. The van der Waals surface area contributed by atoms with Crippen LogP contribution >= 0.6 is 7.60 Å². The Labute approximate surface area is 193 Å². The van der Waals surface area contributed by atoms with Crippen molar-refractivity contribution in [3.05, 3.63) is 95.6 Å². The molecule has 0 aliphatic rings. The first-order chi connectivity index (χ1) is 15.9. The maximum absolute atomic E-state index is 13.1. The predicted octanol–water partition coefficient (Wildman–Crippen LogP) is 5.96. The average molecular weight is 466 g/mol. The van der Waals surface area contributed by atoms with Gasteiger partial charge in [0, 0.05) is 22.5 Å². The van der Waals surface area contributed by atoms with Crippen LogP contribution in [0.15, 0.2) is 78.9 Å². The lowest BCUT2D eigenvalue weighted by molar-refractivity contribution is 0.101. The van der Waals surface area contributed by atoms with Crippen LogP contribution in [0.5, 0.6) is 0 Å². The number of benzene rings is 3. The van der Waals surface area contributed by atoms with Crippen molar-refractivity contribution in [2.24, 2.45) is 0 Å². The zero-order valence-electron chi connectivity index (χ0n) is 18.6. The van der Waals surface area contributed by atoms with E-state index in [4.69, 9.17) is 9.05 Å². The molecule has 172 valence electrons. The summed E-state index contributed by atoms with van der Waals surface area (Å²) in [5.74, 6) is -0.607. The number of carbonyl (C=O) groups excluding carboxylic acids is 2. The van der Waals surface area contributed by atoms with Gasteiger partial charge in [-0.1, -0.05) is 42.5 Å². The van der Waals surface area contributed by atoms with E-state index in [-0.39, 0.29) is 31.2 Å². The number of hydrogen-bond acceptors (Lipinski definition) is 5. The van der Waals surface area contributed by atoms with Gasteiger partial charge in [0.15, 0.2) is 0 Å². The number of rotatable bonds is 10. The summed E-state index contributed by atoms with van der Waals surface area (Å²) in [6.45, 7) is 3.94. The first kappa shape index (κ1) is 24.4. The molecule has 0 aliphatic carbocycles. The van der Waals surface area contributed by atoms with E-state index in [2.05, 4.69) is 10.6 Å². The fourth-order valence-electron chi connectivity index (χ4n) is 3.22. The Balaban J connectivity index is 1.91. The molecular weight excluding hydrogens is 439 g/mol. The lowest BCUT2D eigenvalue weighted by atomic mass is 10.1. The van der Waals surface area contributed by atoms with Gasteiger partial charge < -0.3 is 19.7 Å². The molecule has 3 rings (SSSR count). The van der Waals surface area contributed by atoms with Crippen LogP contribution < -0.4 is 10.6 Å². The third-order valence-electron chi connectivity index (χ3n) is 4.70. The van der Waals surface area contributed by atoms with Crippen molar-refractivity contribution in [1.82, 2.24) is 0 Å². The highest BCUT2D eigenvalue weighted by molar-refractivity contribution is 7.53. The third kappa shape index (κ3) is 6.86. The van der Waals surface area contributed by atoms with E-state index in [9.17, 15) is 14.2 Å². The largest absolute Gasteiger partial charge is 0.335 e. The Hall–Kier alpha value is -3.25. The van der Waals surface area contributed by atoms with Crippen LogP contribution in [0.1, 0.15) is 40.1 Å². The quantitative estimate of drug-likeness (QED) is 0.360. The molecule has 2 amide bonds. The van der Waals surface area contributed by atoms with E-state index >= 15 is 0 Å². The highest BCUT2D eigenvalue weighted by Gasteiger charge is 2.26. The van der Waals surface area contributed by atoms with Gasteiger partial charge in [-0.3, -0.25) is 14.2 Å². The molecule has 2 N–H and O–H groups in total. The van der Waals surface area contributed by atoms with Gasteiger partial charge in [0.25, 0.3) is 11.8 Å². The highest BCUT2D eigenvalue weighted by atomic mass is 31.2. The number of amides is 2. The summed E-state index contributed by atoms with van der Waals surface area (Å²) >= 11 is 0. The van der Waals surface area contributed by atoms with E-state index in [0.717, 1.165) is 0 Å². The van der Waals surface area contributed by atoms with Crippen LogP contribution in [0.3, 0.4) is 0 Å². The van der Waals surface area contributed by atoms with Gasteiger partial charge >= 0.3 is 7.60 Å². The van der Waals surface area contributed by atoms with E-state index < -0.39 is 7.60 Å². The molecule has 0 saturated heterocycles. The van der Waals surface area contributed by atoms with E-state index in [1.54, 1.807) is 80.6 Å². The molecule has 3 aromatic rings.